The lowest BCUT2D eigenvalue weighted by Crippen LogP contribution is -2.48. The van der Waals surface area contributed by atoms with E-state index in [-0.39, 0.29) is 12.5 Å². The Hall–Kier alpha value is -0.780. The van der Waals surface area contributed by atoms with Crippen molar-refractivity contribution in [2.24, 2.45) is 11.1 Å². The molecule has 0 bridgehead atoms. The van der Waals surface area contributed by atoms with Crippen molar-refractivity contribution in [3.05, 3.63) is 0 Å². The zero-order chi connectivity index (χ0) is 13.1. The van der Waals surface area contributed by atoms with Gasteiger partial charge in [-0.3, -0.25) is 4.79 Å². The zero-order valence-corrected chi connectivity index (χ0v) is 9.94. The Balaban J connectivity index is 2.53. The highest BCUT2D eigenvalue weighted by Gasteiger charge is 2.41. The lowest BCUT2D eigenvalue weighted by atomic mass is 9.85. The van der Waals surface area contributed by atoms with Gasteiger partial charge in [0.2, 0.25) is 5.91 Å². The Morgan fingerprint density at radius 2 is 1.94 bits per heavy atom. The van der Waals surface area contributed by atoms with Crippen molar-refractivity contribution in [1.29, 1.82) is 0 Å². The van der Waals surface area contributed by atoms with Crippen LogP contribution in [0.1, 0.15) is 39.0 Å². The second-order valence-corrected chi connectivity index (χ2v) is 4.89. The molecular formula is C11H19F3N2O. The van der Waals surface area contributed by atoms with Crippen molar-refractivity contribution in [3.63, 3.8) is 0 Å². The molecule has 0 saturated heterocycles. The quantitative estimate of drug-likeness (QED) is 0.803. The van der Waals surface area contributed by atoms with Crippen LogP contribution in [0.25, 0.3) is 0 Å². The SMILES string of the molecule is CC(CC(F)(F)F)NC(=O)C1(CN)CCCC1. The molecule has 1 aliphatic rings. The zero-order valence-electron chi connectivity index (χ0n) is 9.94. The number of carbonyl (C=O) groups excluding carboxylic acids is 1. The number of nitrogens with one attached hydrogen (secondary N) is 1. The number of nitrogens with two attached hydrogens (primary N) is 1. The summed E-state index contributed by atoms with van der Waals surface area (Å²) in [6, 6.07) is -0.897. The highest BCUT2D eigenvalue weighted by Crippen LogP contribution is 2.37. The molecule has 3 N–H and O–H groups in total. The maximum Gasteiger partial charge on any atom is 0.391 e. The summed E-state index contributed by atoms with van der Waals surface area (Å²) in [5, 5.41) is 2.43. The molecule has 1 unspecified atom stereocenters. The van der Waals surface area contributed by atoms with E-state index in [0.29, 0.717) is 12.8 Å². The third-order valence-corrected chi connectivity index (χ3v) is 3.35. The van der Waals surface area contributed by atoms with Crippen LogP contribution in [0.15, 0.2) is 0 Å². The Labute approximate surface area is 98.9 Å². The maximum absolute atomic E-state index is 12.1. The Bertz CT molecular complexity index is 272. The van der Waals surface area contributed by atoms with Gasteiger partial charge in [-0.05, 0) is 19.8 Å². The van der Waals surface area contributed by atoms with Crippen molar-refractivity contribution >= 4 is 5.91 Å². The summed E-state index contributed by atoms with van der Waals surface area (Å²) in [7, 11) is 0. The van der Waals surface area contributed by atoms with Gasteiger partial charge in [-0.1, -0.05) is 12.8 Å². The van der Waals surface area contributed by atoms with Gasteiger partial charge in [-0.25, -0.2) is 0 Å². The summed E-state index contributed by atoms with van der Waals surface area (Å²) >= 11 is 0. The lowest BCUT2D eigenvalue weighted by Gasteiger charge is -2.28. The van der Waals surface area contributed by atoms with Crippen LogP contribution in [-0.2, 0) is 4.79 Å². The van der Waals surface area contributed by atoms with Gasteiger partial charge in [0.1, 0.15) is 0 Å². The third-order valence-electron chi connectivity index (χ3n) is 3.35. The predicted octanol–water partition coefficient (Wildman–Crippen LogP) is 1.96. The first-order chi connectivity index (χ1) is 7.79. The van der Waals surface area contributed by atoms with Crippen LogP contribution >= 0.6 is 0 Å². The Morgan fingerprint density at radius 1 is 1.41 bits per heavy atom. The number of hydrogen-bond acceptors (Lipinski definition) is 2. The van der Waals surface area contributed by atoms with Crippen LogP contribution in [0.4, 0.5) is 13.2 Å². The fourth-order valence-corrected chi connectivity index (χ4v) is 2.35. The summed E-state index contributed by atoms with van der Waals surface area (Å²) in [5.41, 5.74) is 4.95. The Morgan fingerprint density at radius 3 is 2.35 bits per heavy atom. The van der Waals surface area contributed by atoms with E-state index in [4.69, 9.17) is 5.73 Å². The number of carbonyl (C=O) groups is 1. The molecule has 1 aliphatic carbocycles. The smallest absolute Gasteiger partial charge is 0.353 e. The first-order valence-corrected chi connectivity index (χ1v) is 5.87. The second-order valence-electron chi connectivity index (χ2n) is 4.89. The molecule has 1 rings (SSSR count). The summed E-state index contributed by atoms with van der Waals surface area (Å²) < 4.78 is 36.4. The van der Waals surface area contributed by atoms with E-state index in [1.807, 2.05) is 0 Å². The van der Waals surface area contributed by atoms with E-state index in [2.05, 4.69) is 5.32 Å². The topological polar surface area (TPSA) is 55.1 Å². The van der Waals surface area contributed by atoms with Crippen LogP contribution in [0.2, 0.25) is 0 Å². The molecule has 100 valence electrons. The van der Waals surface area contributed by atoms with E-state index >= 15 is 0 Å². The highest BCUT2D eigenvalue weighted by atomic mass is 19.4. The van der Waals surface area contributed by atoms with Gasteiger partial charge in [0.15, 0.2) is 0 Å². The largest absolute Gasteiger partial charge is 0.391 e. The van der Waals surface area contributed by atoms with Gasteiger partial charge >= 0.3 is 6.18 Å². The van der Waals surface area contributed by atoms with E-state index in [1.165, 1.54) is 6.92 Å². The van der Waals surface area contributed by atoms with Crippen molar-refractivity contribution < 1.29 is 18.0 Å². The minimum Gasteiger partial charge on any atom is -0.353 e. The first-order valence-electron chi connectivity index (χ1n) is 5.87. The van der Waals surface area contributed by atoms with Gasteiger partial charge in [0.25, 0.3) is 0 Å². The minimum absolute atomic E-state index is 0.206. The number of amides is 1. The molecule has 1 saturated carbocycles. The van der Waals surface area contributed by atoms with Crippen LogP contribution in [0.5, 0.6) is 0 Å². The average Bonchev–Trinajstić information content (AvgIpc) is 2.63. The summed E-state index contributed by atoms with van der Waals surface area (Å²) in [5.74, 6) is -0.325. The van der Waals surface area contributed by atoms with Crippen molar-refractivity contribution in [2.45, 2.75) is 51.2 Å². The maximum atomic E-state index is 12.1. The monoisotopic (exact) mass is 252 g/mol. The van der Waals surface area contributed by atoms with Crippen LogP contribution in [-0.4, -0.2) is 24.7 Å². The van der Waals surface area contributed by atoms with Gasteiger partial charge < -0.3 is 11.1 Å². The molecule has 0 aromatic carbocycles. The lowest BCUT2D eigenvalue weighted by molar-refractivity contribution is -0.143. The normalized spacial score (nSPS) is 21.2. The Kier molecular flexibility index (Phi) is 4.41. The molecule has 1 amide bonds. The molecule has 0 spiro atoms. The minimum atomic E-state index is -4.25. The molecule has 0 heterocycles. The highest BCUT2D eigenvalue weighted by molar-refractivity contribution is 5.83. The summed E-state index contributed by atoms with van der Waals surface area (Å²) in [4.78, 5) is 11.9. The molecule has 1 atom stereocenters. The van der Waals surface area contributed by atoms with E-state index in [0.717, 1.165) is 12.8 Å². The van der Waals surface area contributed by atoms with E-state index in [1.54, 1.807) is 0 Å². The average molecular weight is 252 g/mol. The van der Waals surface area contributed by atoms with E-state index in [9.17, 15) is 18.0 Å². The van der Waals surface area contributed by atoms with Crippen LogP contribution in [0, 0.1) is 5.41 Å². The molecule has 1 fully saturated rings. The van der Waals surface area contributed by atoms with Crippen LogP contribution < -0.4 is 11.1 Å². The summed E-state index contributed by atoms with van der Waals surface area (Å²) in [6.07, 6.45) is -2.07. The third kappa shape index (κ3) is 3.87. The predicted molar refractivity (Wildman–Crippen MR) is 58.2 cm³/mol. The standard InChI is InChI=1S/C11H19F3N2O/c1-8(6-11(12,13)14)16-9(17)10(7-15)4-2-3-5-10/h8H,2-7,15H2,1H3,(H,16,17). The summed E-state index contributed by atoms with van der Waals surface area (Å²) in [6.45, 7) is 1.57. The molecule has 0 aromatic rings. The van der Waals surface area contributed by atoms with Gasteiger partial charge in [0, 0.05) is 12.6 Å². The molecule has 17 heavy (non-hydrogen) atoms. The number of hydrogen-bond donors (Lipinski definition) is 2. The van der Waals surface area contributed by atoms with Gasteiger partial charge in [-0.2, -0.15) is 13.2 Å². The number of alkyl halides is 3. The molecule has 0 radical (unpaired) electrons. The molecule has 0 aliphatic heterocycles. The molecule has 0 aromatic heterocycles. The second kappa shape index (κ2) is 5.25. The van der Waals surface area contributed by atoms with Crippen LogP contribution in [0.3, 0.4) is 0 Å². The number of rotatable bonds is 4. The fourth-order valence-electron chi connectivity index (χ4n) is 2.35. The van der Waals surface area contributed by atoms with Crippen molar-refractivity contribution in [3.8, 4) is 0 Å². The fraction of sp³-hybridized carbons (Fsp3) is 0.909. The van der Waals surface area contributed by atoms with Gasteiger partial charge in [-0.15, -0.1) is 0 Å². The van der Waals surface area contributed by atoms with Gasteiger partial charge in [0.05, 0.1) is 11.8 Å². The van der Waals surface area contributed by atoms with Crippen molar-refractivity contribution in [1.82, 2.24) is 5.32 Å². The van der Waals surface area contributed by atoms with Crippen molar-refractivity contribution in [2.75, 3.05) is 6.54 Å². The van der Waals surface area contributed by atoms with E-state index < -0.39 is 24.1 Å². The number of halogens is 3. The molecule has 3 nitrogen and oxygen atoms in total. The molecular weight excluding hydrogens is 233 g/mol. The molecule has 6 heteroatoms. The first kappa shape index (κ1) is 14.3.